The number of ether oxygens (including phenoxy) is 1. The first-order chi connectivity index (χ1) is 13.0. The lowest BCUT2D eigenvalue weighted by Crippen LogP contribution is -2.69. The molecule has 4 atom stereocenters. The molecular weight excluding hydrogens is 467 g/mol. The molecule has 0 radical (unpaired) electrons. The minimum absolute atomic E-state index is 0. The van der Waals surface area contributed by atoms with Crippen LogP contribution in [0.15, 0.2) is 4.99 Å². The molecular formula is C21H37IN4O2. The highest BCUT2D eigenvalue weighted by Gasteiger charge is 2.65. The van der Waals surface area contributed by atoms with Crippen LogP contribution in [0.2, 0.25) is 0 Å². The summed E-state index contributed by atoms with van der Waals surface area (Å²) < 4.78 is 6.11. The number of carbonyl (C=O) groups excluding carboxylic acids is 1. The number of guanidine groups is 1. The fourth-order valence-electron chi connectivity index (χ4n) is 5.98. The van der Waals surface area contributed by atoms with Gasteiger partial charge in [-0.25, -0.2) is 0 Å². The number of halogens is 1. The van der Waals surface area contributed by atoms with E-state index in [1.54, 1.807) is 0 Å². The molecule has 0 aromatic heterocycles. The molecule has 1 spiro atoms. The minimum Gasteiger partial charge on any atom is -0.377 e. The second-order valence-electron chi connectivity index (χ2n) is 9.20. The third-order valence-electron chi connectivity index (χ3n) is 7.23. The molecule has 1 amide bonds. The molecule has 0 bridgehead atoms. The van der Waals surface area contributed by atoms with Gasteiger partial charge in [0.1, 0.15) is 0 Å². The van der Waals surface area contributed by atoms with Crippen molar-refractivity contribution in [3.05, 3.63) is 0 Å². The van der Waals surface area contributed by atoms with Crippen molar-refractivity contribution >= 4 is 35.8 Å². The van der Waals surface area contributed by atoms with Crippen molar-refractivity contribution in [2.24, 2.45) is 22.2 Å². The van der Waals surface area contributed by atoms with Crippen molar-refractivity contribution in [2.75, 3.05) is 26.2 Å². The first-order valence-corrected chi connectivity index (χ1v) is 11.0. The van der Waals surface area contributed by atoms with E-state index in [2.05, 4.69) is 17.6 Å². The van der Waals surface area contributed by atoms with E-state index in [4.69, 9.17) is 9.73 Å². The summed E-state index contributed by atoms with van der Waals surface area (Å²) in [6, 6.07) is 0.779. The predicted molar refractivity (Wildman–Crippen MR) is 122 cm³/mol. The highest BCUT2D eigenvalue weighted by atomic mass is 127. The second kappa shape index (κ2) is 9.06. The van der Waals surface area contributed by atoms with Crippen molar-refractivity contribution in [1.29, 1.82) is 0 Å². The van der Waals surface area contributed by atoms with Gasteiger partial charge in [0.05, 0.1) is 6.10 Å². The van der Waals surface area contributed by atoms with Crippen LogP contribution in [0.3, 0.4) is 0 Å². The molecule has 4 unspecified atom stereocenters. The molecule has 2 saturated heterocycles. The third-order valence-corrected chi connectivity index (χ3v) is 7.23. The van der Waals surface area contributed by atoms with Crippen LogP contribution in [0.5, 0.6) is 0 Å². The van der Waals surface area contributed by atoms with Crippen molar-refractivity contribution in [3.63, 3.8) is 0 Å². The quantitative estimate of drug-likeness (QED) is 0.351. The molecule has 4 rings (SSSR count). The van der Waals surface area contributed by atoms with E-state index in [-0.39, 0.29) is 35.8 Å². The lowest BCUT2D eigenvalue weighted by Gasteiger charge is -2.57. The first kappa shape index (κ1) is 22.1. The number of hydrogen-bond acceptors (Lipinski definition) is 3. The smallest absolute Gasteiger partial charge is 0.225 e. The van der Waals surface area contributed by atoms with E-state index >= 15 is 0 Å². The Labute approximate surface area is 186 Å². The molecule has 2 heterocycles. The number of hydrogen-bond donors (Lipinski definition) is 2. The summed E-state index contributed by atoms with van der Waals surface area (Å²) in [7, 11) is 0. The maximum Gasteiger partial charge on any atom is 0.225 e. The molecule has 0 aromatic rings. The summed E-state index contributed by atoms with van der Waals surface area (Å²) in [4.78, 5) is 19.0. The summed E-state index contributed by atoms with van der Waals surface area (Å²) in [5.41, 5.74) is 0.326. The van der Waals surface area contributed by atoms with Gasteiger partial charge in [-0.1, -0.05) is 26.7 Å². The zero-order valence-electron chi connectivity index (χ0n) is 17.6. The van der Waals surface area contributed by atoms with E-state index in [1.807, 2.05) is 18.7 Å². The number of carbonyl (C=O) groups is 1. The summed E-state index contributed by atoms with van der Waals surface area (Å²) in [5, 5.41) is 7.44. The molecule has 2 N–H and O–H groups in total. The lowest BCUT2D eigenvalue weighted by atomic mass is 9.54. The number of aliphatic imine (C=N–C) groups is 1. The zero-order valence-corrected chi connectivity index (χ0v) is 19.9. The predicted octanol–water partition coefficient (Wildman–Crippen LogP) is 2.76. The van der Waals surface area contributed by atoms with E-state index in [9.17, 15) is 4.79 Å². The van der Waals surface area contributed by atoms with Gasteiger partial charge in [-0.2, -0.15) is 0 Å². The van der Waals surface area contributed by atoms with E-state index in [0.29, 0.717) is 29.5 Å². The molecule has 160 valence electrons. The fraction of sp³-hybridized carbons (Fsp3) is 0.905. The SMILES string of the molecule is CCN=C(NC1CCN(C(=O)C(C)C)C1)NC1C2CCOC2C12CCCC2.I. The van der Waals surface area contributed by atoms with Gasteiger partial charge in [-0.15, -0.1) is 24.0 Å². The van der Waals surface area contributed by atoms with Gasteiger partial charge in [0.15, 0.2) is 5.96 Å². The van der Waals surface area contributed by atoms with Gasteiger partial charge in [0.25, 0.3) is 0 Å². The average molecular weight is 504 g/mol. The van der Waals surface area contributed by atoms with Crippen LogP contribution in [-0.2, 0) is 9.53 Å². The van der Waals surface area contributed by atoms with Gasteiger partial charge in [0.2, 0.25) is 5.91 Å². The Hall–Kier alpha value is -0.570. The highest BCUT2D eigenvalue weighted by Crippen LogP contribution is 2.60. The van der Waals surface area contributed by atoms with E-state index < -0.39 is 0 Å². The van der Waals surface area contributed by atoms with Gasteiger partial charge in [-0.3, -0.25) is 9.79 Å². The Morgan fingerprint density at radius 1 is 1.25 bits per heavy atom. The van der Waals surface area contributed by atoms with Gasteiger partial charge in [0, 0.05) is 55.6 Å². The highest BCUT2D eigenvalue weighted by molar-refractivity contribution is 14.0. The molecule has 2 aliphatic heterocycles. The van der Waals surface area contributed by atoms with Crippen molar-refractivity contribution in [3.8, 4) is 0 Å². The van der Waals surface area contributed by atoms with Crippen LogP contribution in [-0.4, -0.2) is 61.2 Å². The largest absolute Gasteiger partial charge is 0.377 e. The van der Waals surface area contributed by atoms with Crippen LogP contribution < -0.4 is 10.6 Å². The number of nitrogens with one attached hydrogen (secondary N) is 2. The van der Waals surface area contributed by atoms with Gasteiger partial charge < -0.3 is 20.3 Å². The molecule has 2 saturated carbocycles. The van der Waals surface area contributed by atoms with E-state index in [0.717, 1.165) is 38.6 Å². The number of nitrogens with zero attached hydrogens (tertiary/aromatic N) is 2. The third kappa shape index (κ3) is 3.89. The molecule has 2 aliphatic carbocycles. The van der Waals surface area contributed by atoms with Crippen molar-refractivity contribution in [1.82, 2.24) is 15.5 Å². The Morgan fingerprint density at radius 2 is 2.00 bits per heavy atom. The molecule has 4 aliphatic rings. The topological polar surface area (TPSA) is 66.0 Å². The van der Waals surface area contributed by atoms with Crippen LogP contribution in [0, 0.1) is 17.3 Å². The Morgan fingerprint density at radius 3 is 2.68 bits per heavy atom. The van der Waals surface area contributed by atoms with Crippen LogP contribution >= 0.6 is 24.0 Å². The summed E-state index contributed by atoms with van der Waals surface area (Å²) in [5.74, 6) is 1.90. The maximum atomic E-state index is 12.3. The Balaban J connectivity index is 0.00000225. The second-order valence-corrected chi connectivity index (χ2v) is 9.20. The number of fused-ring (bicyclic) bond motifs is 2. The lowest BCUT2D eigenvalue weighted by molar-refractivity contribution is -0.133. The zero-order chi connectivity index (χ0) is 19.0. The summed E-state index contributed by atoms with van der Waals surface area (Å²) in [6.07, 6.45) is 7.85. The van der Waals surface area contributed by atoms with Gasteiger partial charge in [-0.05, 0) is 32.6 Å². The molecule has 7 heteroatoms. The Bertz CT molecular complexity index is 591. The van der Waals surface area contributed by atoms with Crippen molar-refractivity contribution in [2.45, 2.75) is 77.5 Å². The summed E-state index contributed by atoms with van der Waals surface area (Å²) in [6.45, 7) is 9.35. The van der Waals surface area contributed by atoms with Crippen LogP contribution in [0.1, 0.15) is 59.3 Å². The molecule has 0 aromatic carbocycles. The molecule has 6 nitrogen and oxygen atoms in total. The minimum atomic E-state index is 0. The fourth-order valence-corrected chi connectivity index (χ4v) is 5.98. The number of likely N-dealkylation sites (tertiary alicyclic amines) is 1. The summed E-state index contributed by atoms with van der Waals surface area (Å²) >= 11 is 0. The van der Waals surface area contributed by atoms with Gasteiger partial charge >= 0.3 is 0 Å². The van der Waals surface area contributed by atoms with Crippen molar-refractivity contribution < 1.29 is 9.53 Å². The van der Waals surface area contributed by atoms with Crippen LogP contribution in [0.25, 0.3) is 0 Å². The standard InChI is InChI=1S/C21H36N4O2.HI/c1-4-22-20(23-15-7-11-25(13-15)19(26)14(2)3)24-17-16-8-12-27-18(16)21(17)9-5-6-10-21;/h14-18H,4-13H2,1-3H3,(H2,22,23,24);1H. The average Bonchev–Trinajstić information content (AvgIpc) is 3.38. The first-order valence-electron chi connectivity index (χ1n) is 11.0. The monoisotopic (exact) mass is 504 g/mol. The number of amides is 1. The number of rotatable bonds is 4. The molecule has 4 fully saturated rings. The Kier molecular flexibility index (Phi) is 7.16. The normalized spacial score (nSPS) is 33.6. The molecule has 28 heavy (non-hydrogen) atoms. The van der Waals surface area contributed by atoms with E-state index in [1.165, 1.54) is 32.1 Å². The van der Waals surface area contributed by atoms with Crippen LogP contribution in [0.4, 0.5) is 0 Å². The maximum absolute atomic E-state index is 12.3.